The first-order valence-corrected chi connectivity index (χ1v) is 9.71. The first-order valence-electron chi connectivity index (χ1n) is 8.48. The van der Waals surface area contributed by atoms with Crippen molar-refractivity contribution in [3.63, 3.8) is 0 Å². The fraction of sp³-hybridized carbons (Fsp3) is 0. The molecule has 0 fully saturated rings. The lowest BCUT2D eigenvalue weighted by Crippen LogP contribution is -2.32. The van der Waals surface area contributed by atoms with Crippen LogP contribution in [0.5, 0.6) is 0 Å². The Morgan fingerprint density at radius 2 is 1.82 bits per heavy atom. The second-order valence-corrected chi connectivity index (χ2v) is 7.27. The smallest absolute Gasteiger partial charge is 0.250 e. The molecule has 7 heteroatoms. The number of thiazole rings is 1. The highest BCUT2D eigenvalue weighted by atomic mass is 32.1. The molecule has 0 aliphatic heterocycles. The number of furan rings is 1. The highest BCUT2D eigenvalue weighted by Gasteiger charge is 2.07. The maximum atomic E-state index is 12.1. The Hall–Kier alpha value is -3.29. The standard InChI is InChI=1S/C21H15N3O2S2/c25-19(13-11-15-10-12-17(26-15)14-6-2-1-3-7-14)23-20(27)24-21-22-16-8-4-5-9-18(16)28-21/h1-13H,(H2,22,23,24,25,27)/b13-11+. The number of hydrogen-bond donors (Lipinski definition) is 2. The Balaban J connectivity index is 1.34. The summed E-state index contributed by atoms with van der Waals surface area (Å²) in [6, 6.07) is 21.2. The predicted octanol–water partition coefficient (Wildman–Crippen LogP) is 5.08. The summed E-state index contributed by atoms with van der Waals surface area (Å²) in [5.41, 5.74) is 1.86. The highest BCUT2D eigenvalue weighted by molar-refractivity contribution is 7.80. The van der Waals surface area contributed by atoms with E-state index in [2.05, 4.69) is 15.6 Å². The van der Waals surface area contributed by atoms with Crippen LogP contribution in [0.1, 0.15) is 5.76 Å². The molecule has 0 radical (unpaired) electrons. The number of anilines is 1. The molecule has 2 N–H and O–H groups in total. The lowest BCUT2D eigenvalue weighted by atomic mass is 10.2. The monoisotopic (exact) mass is 405 g/mol. The second-order valence-electron chi connectivity index (χ2n) is 5.83. The number of rotatable bonds is 4. The van der Waals surface area contributed by atoms with E-state index in [-0.39, 0.29) is 11.0 Å². The van der Waals surface area contributed by atoms with E-state index >= 15 is 0 Å². The highest BCUT2D eigenvalue weighted by Crippen LogP contribution is 2.25. The molecule has 0 saturated carbocycles. The topological polar surface area (TPSA) is 67.2 Å². The van der Waals surface area contributed by atoms with Gasteiger partial charge < -0.3 is 9.73 Å². The zero-order chi connectivity index (χ0) is 19.3. The van der Waals surface area contributed by atoms with Crippen molar-refractivity contribution in [3.8, 4) is 11.3 Å². The van der Waals surface area contributed by atoms with Gasteiger partial charge in [0.2, 0.25) is 5.91 Å². The molecule has 1 amide bonds. The van der Waals surface area contributed by atoms with Gasteiger partial charge in [-0.15, -0.1) is 0 Å². The number of benzene rings is 2. The number of carbonyl (C=O) groups is 1. The normalized spacial score (nSPS) is 11.0. The van der Waals surface area contributed by atoms with Crippen LogP contribution in [0.15, 0.2) is 77.2 Å². The zero-order valence-corrected chi connectivity index (χ0v) is 16.2. The molecule has 0 aliphatic carbocycles. The van der Waals surface area contributed by atoms with Crippen molar-refractivity contribution in [3.05, 3.63) is 78.6 Å². The molecule has 0 saturated heterocycles. The minimum atomic E-state index is -0.351. The fourth-order valence-corrected chi connectivity index (χ4v) is 3.70. The third-order valence-electron chi connectivity index (χ3n) is 3.84. The Labute approximate surface area is 170 Å². The molecule has 4 rings (SSSR count). The molecule has 28 heavy (non-hydrogen) atoms. The van der Waals surface area contributed by atoms with E-state index in [0.717, 1.165) is 21.5 Å². The summed E-state index contributed by atoms with van der Waals surface area (Å²) < 4.78 is 6.78. The molecule has 0 spiro atoms. The minimum Gasteiger partial charge on any atom is -0.457 e. The van der Waals surface area contributed by atoms with E-state index in [0.29, 0.717) is 10.9 Å². The Morgan fingerprint density at radius 1 is 1.04 bits per heavy atom. The van der Waals surface area contributed by atoms with Gasteiger partial charge in [0.25, 0.3) is 0 Å². The number of hydrogen-bond acceptors (Lipinski definition) is 5. The van der Waals surface area contributed by atoms with Gasteiger partial charge in [0.05, 0.1) is 10.2 Å². The van der Waals surface area contributed by atoms with Gasteiger partial charge in [0.15, 0.2) is 10.2 Å². The van der Waals surface area contributed by atoms with Crippen molar-refractivity contribution in [2.75, 3.05) is 5.32 Å². The minimum absolute atomic E-state index is 0.193. The van der Waals surface area contributed by atoms with Gasteiger partial charge in [0.1, 0.15) is 11.5 Å². The van der Waals surface area contributed by atoms with Crippen molar-refractivity contribution >= 4 is 56.0 Å². The van der Waals surface area contributed by atoms with Crippen molar-refractivity contribution in [2.45, 2.75) is 0 Å². The van der Waals surface area contributed by atoms with Crippen LogP contribution in [0.4, 0.5) is 5.13 Å². The molecule has 138 valence electrons. The molecule has 2 aromatic carbocycles. The number of fused-ring (bicyclic) bond motifs is 1. The summed E-state index contributed by atoms with van der Waals surface area (Å²) in [5, 5.41) is 6.36. The number of nitrogens with zero attached hydrogens (tertiary/aromatic N) is 1. The fourth-order valence-electron chi connectivity index (χ4n) is 2.57. The van der Waals surface area contributed by atoms with Gasteiger partial charge in [-0.2, -0.15) is 0 Å². The average Bonchev–Trinajstić information content (AvgIpc) is 3.33. The van der Waals surface area contributed by atoms with E-state index in [1.807, 2.05) is 66.7 Å². The second kappa shape index (κ2) is 8.16. The van der Waals surface area contributed by atoms with Gasteiger partial charge in [0, 0.05) is 11.6 Å². The van der Waals surface area contributed by atoms with Gasteiger partial charge in [-0.25, -0.2) is 4.98 Å². The van der Waals surface area contributed by atoms with Crippen LogP contribution in [-0.2, 0) is 4.79 Å². The van der Waals surface area contributed by atoms with Crippen molar-refractivity contribution in [1.29, 1.82) is 0 Å². The third-order valence-corrected chi connectivity index (χ3v) is 4.99. The molecule has 0 aliphatic rings. The summed E-state index contributed by atoms with van der Waals surface area (Å²) in [6.07, 6.45) is 2.97. The zero-order valence-electron chi connectivity index (χ0n) is 14.6. The summed E-state index contributed by atoms with van der Waals surface area (Å²) in [6.45, 7) is 0. The van der Waals surface area contributed by atoms with E-state index in [1.165, 1.54) is 17.4 Å². The summed E-state index contributed by atoms with van der Waals surface area (Å²) in [7, 11) is 0. The maximum absolute atomic E-state index is 12.1. The molecule has 2 aromatic heterocycles. The predicted molar refractivity (Wildman–Crippen MR) is 117 cm³/mol. The number of nitrogens with one attached hydrogen (secondary N) is 2. The van der Waals surface area contributed by atoms with E-state index in [9.17, 15) is 4.79 Å². The number of carbonyl (C=O) groups excluding carboxylic acids is 1. The molecule has 0 bridgehead atoms. The maximum Gasteiger partial charge on any atom is 0.250 e. The quantitative estimate of drug-likeness (QED) is 0.366. The molecular weight excluding hydrogens is 390 g/mol. The SMILES string of the molecule is O=C(/C=C/c1ccc(-c2ccccc2)o1)NC(=S)Nc1nc2ccccc2s1. The van der Waals surface area contributed by atoms with E-state index in [4.69, 9.17) is 16.6 Å². The van der Waals surface area contributed by atoms with Crippen LogP contribution in [-0.4, -0.2) is 16.0 Å². The largest absolute Gasteiger partial charge is 0.457 e. The van der Waals surface area contributed by atoms with Gasteiger partial charge >= 0.3 is 0 Å². The van der Waals surface area contributed by atoms with Gasteiger partial charge in [-0.05, 0) is 42.6 Å². The van der Waals surface area contributed by atoms with Crippen LogP contribution < -0.4 is 10.6 Å². The van der Waals surface area contributed by atoms with Crippen LogP contribution in [0, 0.1) is 0 Å². The number of amides is 1. The molecule has 0 atom stereocenters. The Bertz CT molecular complexity index is 1130. The molecular formula is C21H15N3O2S2. The number of aromatic nitrogens is 1. The van der Waals surface area contributed by atoms with Crippen molar-refractivity contribution in [1.82, 2.24) is 10.3 Å². The van der Waals surface area contributed by atoms with Crippen molar-refractivity contribution < 1.29 is 9.21 Å². The summed E-state index contributed by atoms with van der Waals surface area (Å²) in [5.74, 6) is 0.976. The lowest BCUT2D eigenvalue weighted by molar-refractivity contribution is -0.115. The lowest BCUT2D eigenvalue weighted by Gasteiger charge is -2.04. The van der Waals surface area contributed by atoms with E-state index < -0.39 is 0 Å². The van der Waals surface area contributed by atoms with Crippen molar-refractivity contribution in [2.24, 2.45) is 0 Å². The van der Waals surface area contributed by atoms with Crippen LogP contribution in [0.25, 0.3) is 27.6 Å². The third kappa shape index (κ3) is 4.33. The Kier molecular flexibility index (Phi) is 5.27. The summed E-state index contributed by atoms with van der Waals surface area (Å²) in [4.78, 5) is 16.5. The number of thiocarbonyl (C=S) groups is 1. The van der Waals surface area contributed by atoms with Gasteiger partial charge in [-0.1, -0.05) is 53.8 Å². The van der Waals surface area contributed by atoms with Gasteiger partial charge in [-0.3, -0.25) is 10.1 Å². The molecule has 0 unspecified atom stereocenters. The average molecular weight is 406 g/mol. The van der Waals surface area contributed by atoms with E-state index in [1.54, 1.807) is 6.08 Å². The van der Waals surface area contributed by atoms with Crippen LogP contribution in [0.3, 0.4) is 0 Å². The summed E-state index contributed by atoms with van der Waals surface area (Å²) >= 11 is 6.65. The Morgan fingerprint density at radius 3 is 2.64 bits per heavy atom. The number of para-hydroxylation sites is 1. The van der Waals surface area contributed by atoms with Crippen LogP contribution >= 0.6 is 23.6 Å². The van der Waals surface area contributed by atoms with Crippen LogP contribution in [0.2, 0.25) is 0 Å². The first-order chi connectivity index (χ1) is 13.7. The molecule has 5 nitrogen and oxygen atoms in total. The molecule has 4 aromatic rings. The molecule has 2 heterocycles. The first kappa shape index (κ1) is 18.1.